The Bertz CT molecular complexity index is 1030. The zero-order valence-electron chi connectivity index (χ0n) is 22.5. The average Bonchev–Trinajstić information content (AvgIpc) is 3.50. The fraction of sp³-hybridized carbons (Fsp3) is 0.607. The molecule has 4 N–H and O–H groups in total. The van der Waals surface area contributed by atoms with Crippen LogP contribution < -0.4 is 5.32 Å². The summed E-state index contributed by atoms with van der Waals surface area (Å²) in [6.45, 7) is 3.24. The molecule has 2 fully saturated rings. The molecule has 3 aliphatic heterocycles. The van der Waals surface area contributed by atoms with E-state index in [2.05, 4.69) is 22.3 Å². The molecule has 39 heavy (non-hydrogen) atoms. The van der Waals surface area contributed by atoms with Gasteiger partial charge in [0.05, 0.1) is 12.2 Å². The summed E-state index contributed by atoms with van der Waals surface area (Å²) in [6.07, 6.45) is 5.24. The number of benzene rings is 1. The number of nitrogens with zero attached hydrogens (tertiary/aromatic N) is 2. The first-order valence-electron chi connectivity index (χ1n) is 13.2. The number of likely N-dealkylation sites (tertiary alicyclic amines) is 1. The van der Waals surface area contributed by atoms with E-state index in [1.54, 1.807) is 6.07 Å². The van der Waals surface area contributed by atoms with Crippen molar-refractivity contribution in [2.75, 3.05) is 45.3 Å². The van der Waals surface area contributed by atoms with Gasteiger partial charge >= 0.3 is 0 Å². The summed E-state index contributed by atoms with van der Waals surface area (Å²) in [5, 5.41) is 10.4. The van der Waals surface area contributed by atoms with Gasteiger partial charge in [-0.3, -0.25) is 4.90 Å². The van der Waals surface area contributed by atoms with Gasteiger partial charge < -0.3 is 25.4 Å². The Morgan fingerprint density at radius 2 is 2.03 bits per heavy atom. The van der Waals surface area contributed by atoms with Crippen LogP contribution in [0.1, 0.15) is 60.6 Å². The molecule has 2 aromatic rings. The number of alkyl halides is 2. The second-order valence-electron chi connectivity index (χ2n) is 10.0. The van der Waals surface area contributed by atoms with Crippen molar-refractivity contribution in [2.24, 2.45) is 0 Å². The molecular formula is C28H40F3N3O4U. The minimum absolute atomic E-state index is 0. The number of rotatable bonds is 9. The van der Waals surface area contributed by atoms with E-state index in [4.69, 9.17) is 19.6 Å². The minimum Gasteiger partial charge on any atom is -0.412 e. The maximum absolute atomic E-state index is 13.9. The molecule has 3 aliphatic rings. The van der Waals surface area contributed by atoms with E-state index in [1.165, 1.54) is 24.1 Å². The number of hydrogen-bond acceptors (Lipinski definition) is 6. The molecule has 2 saturated heterocycles. The molecule has 1 aromatic carbocycles. The van der Waals surface area contributed by atoms with Crippen LogP contribution >= 0.6 is 0 Å². The second-order valence-corrected chi connectivity index (χ2v) is 10.0. The Morgan fingerprint density at radius 1 is 1.21 bits per heavy atom. The molecule has 2 atom stereocenters. The topological polar surface area (TPSA) is 98.4 Å². The van der Waals surface area contributed by atoms with Gasteiger partial charge in [0.1, 0.15) is 18.2 Å². The van der Waals surface area contributed by atoms with Crippen LogP contribution in [0, 0.1) is 36.9 Å². The van der Waals surface area contributed by atoms with E-state index in [0.717, 1.165) is 75.9 Å². The van der Waals surface area contributed by atoms with Crippen molar-refractivity contribution >= 4 is 5.82 Å². The van der Waals surface area contributed by atoms with E-state index in [0.29, 0.717) is 18.7 Å². The number of aromatic nitrogens is 1. The summed E-state index contributed by atoms with van der Waals surface area (Å²) < 4.78 is 52.7. The van der Waals surface area contributed by atoms with Crippen molar-refractivity contribution < 1.29 is 64.3 Å². The molecule has 2 unspecified atom stereocenters. The van der Waals surface area contributed by atoms with E-state index >= 15 is 0 Å². The summed E-state index contributed by atoms with van der Waals surface area (Å²) in [5.41, 5.74) is 3.83. The number of pyridine rings is 1. The molecule has 4 heterocycles. The molecule has 1 aromatic heterocycles. The third-order valence-electron chi connectivity index (χ3n) is 7.19. The third kappa shape index (κ3) is 9.70. The number of aryl methyl sites for hydroxylation is 2. The first-order chi connectivity index (χ1) is 17.9. The molecule has 5 rings (SSSR count). The van der Waals surface area contributed by atoms with Crippen LogP contribution in [0.2, 0.25) is 0 Å². The smallest absolute Gasteiger partial charge is 0.273 e. The molecule has 0 aliphatic carbocycles. The third-order valence-corrected chi connectivity index (χ3v) is 7.19. The SMILES string of the molecule is CO.Fc1ccc(C2CC(F)(F)CO2)c(CN2CCC(OCCCCc3ccc4c(n3)NCCC4)C2)c1.O.[U]. The number of aliphatic hydroxyl groups is 1. The molecule has 0 radical (unpaired) electrons. The molecule has 0 saturated carbocycles. The van der Waals surface area contributed by atoms with E-state index in [1.807, 2.05) is 0 Å². The van der Waals surface area contributed by atoms with Crippen molar-refractivity contribution in [1.82, 2.24) is 9.88 Å². The second kappa shape index (κ2) is 16.3. The summed E-state index contributed by atoms with van der Waals surface area (Å²) in [5.74, 6) is -2.13. The van der Waals surface area contributed by atoms with Crippen molar-refractivity contribution in [3.8, 4) is 0 Å². The summed E-state index contributed by atoms with van der Waals surface area (Å²) >= 11 is 0. The van der Waals surface area contributed by atoms with Gasteiger partial charge in [0, 0.05) is 83.1 Å². The Balaban J connectivity index is 0.00000130. The maximum atomic E-state index is 13.9. The van der Waals surface area contributed by atoms with Crippen LogP contribution in [-0.2, 0) is 28.9 Å². The number of hydrogen-bond donors (Lipinski definition) is 2. The van der Waals surface area contributed by atoms with Crippen molar-refractivity contribution in [3.63, 3.8) is 0 Å². The van der Waals surface area contributed by atoms with Crippen LogP contribution in [0.25, 0.3) is 0 Å². The Kier molecular flexibility index (Phi) is 14.2. The zero-order valence-corrected chi connectivity index (χ0v) is 26.7. The maximum Gasteiger partial charge on any atom is 0.273 e. The molecule has 0 amide bonds. The van der Waals surface area contributed by atoms with Gasteiger partial charge in [-0.1, -0.05) is 12.1 Å². The Labute approximate surface area is 252 Å². The first kappa shape index (κ1) is 34.0. The number of nitrogens with one attached hydrogen (secondary N) is 1. The fourth-order valence-corrected chi connectivity index (χ4v) is 5.32. The summed E-state index contributed by atoms with van der Waals surface area (Å²) in [4.78, 5) is 6.96. The van der Waals surface area contributed by atoms with Gasteiger partial charge in [-0.2, -0.15) is 0 Å². The summed E-state index contributed by atoms with van der Waals surface area (Å²) in [7, 11) is 1.00. The van der Waals surface area contributed by atoms with Gasteiger partial charge in [0.15, 0.2) is 0 Å². The van der Waals surface area contributed by atoms with Gasteiger partial charge in [-0.05, 0) is 73.4 Å². The minimum atomic E-state index is -2.82. The van der Waals surface area contributed by atoms with Crippen molar-refractivity contribution in [1.29, 1.82) is 0 Å². The van der Waals surface area contributed by atoms with Crippen LogP contribution in [0.4, 0.5) is 19.0 Å². The molecule has 11 heteroatoms. The van der Waals surface area contributed by atoms with Crippen molar-refractivity contribution in [2.45, 2.75) is 69.6 Å². The van der Waals surface area contributed by atoms with Gasteiger partial charge in [0.2, 0.25) is 0 Å². The normalized spacial score (nSPS) is 21.6. The molecule has 0 spiro atoms. The fourth-order valence-electron chi connectivity index (χ4n) is 5.32. The van der Waals surface area contributed by atoms with Crippen molar-refractivity contribution in [3.05, 3.63) is 58.5 Å². The predicted octanol–water partition coefficient (Wildman–Crippen LogP) is 4.07. The van der Waals surface area contributed by atoms with Crippen LogP contribution in [0.3, 0.4) is 0 Å². The Hall–Kier alpha value is -1.19. The van der Waals surface area contributed by atoms with E-state index < -0.39 is 18.6 Å². The molecule has 7 nitrogen and oxygen atoms in total. The number of halogens is 3. The van der Waals surface area contributed by atoms with Gasteiger partial charge in [-0.25, -0.2) is 18.2 Å². The molecule has 216 valence electrons. The largest absolute Gasteiger partial charge is 0.412 e. The molecule has 0 bridgehead atoms. The van der Waals surface area contributed by atoms with Gasteiger partial charge in [-0.15, -0.1) is 0 Å². The van der Waals surface area contributed by atoms with Gasteiger partial charge in [0.25, 0.3) is 5.92 Å². The van der Waals surface area contributed by atoms with Crippen LogP contribution in [0.5, 0.6) is 0 Å². The van der Waals surface area contributed by atoms with E-state index in [-0.39, 0.29) is 54.9 Å². The number of ether oxygens (including phenoxy) is 2. The first-order valence-corrected chi connectivity index (χ1v) is 13.2. The average molecular weight is 778 g/mol. The zero-order chi connectivity index (χ0) is 26.3. The van der Waals surface area contributed by atoms with E-state index in [9.17, 15) is 13.2 Å². The number of anilines is 1. The Morgan fingerprint density at radius 3 is 2.79 bits per heavy atom. The molecular weight excluding hydrogens is 737 g/mol. The number of unbranched alkanes of at least 4 members (excludes halogenated alkanes) is 1. The number of aliphatic hydroxyl groups excluding tert-OH is 1. The monoisotopic (exact) mass is 777 g/mol. The van der Waals surface area contributed by atoms with Crippen LogP contribution in [0.15, 0.2) is 30.3 Å². The predicted molar refractivity (Wildman–Crippen MR) is 140 cm³/mol. The standard InChI is InChI=1S/C27H34F3N3O2.CH4O.H2O.U/c28-21-7-9-24(25-15-27(29,30)18-35-25)20(14-21)16-33-12-10-23(17-33)34-13-2-1-5-22-8-6-19-4-3-11-31-26(19)32-22;1-2;;/h6-9,14,23,25H,1-5,10-13,15-18H2,(H,31,32);2H,1H3;1H2;. The quantitative estimate of drug-likeness (QED) is 0.373. The number of fused-ring (bicyclic) bond motifs is 1. The summed E-state index contributed by atoms with van der Waals surface area (Å²) in [6, 6.07) is 8.70. The van der Waals surface area contributed by atoms with Crippen LogP contribution in [-0.4, -0.2) is 72.5 Å².